The molecule has 2 nitrogen and oxygen atoms in total. The van der Waals surface area contributed by atoms with Crippen LogP contribution in [0.2, 0.25) is 5.02 Å². The molecule has 0 amide bonds. The number of aryl methyl sites for hydroxylation is 2. The van der Waals surface area contributed by atoms with Gasteiger partial charge in [0, 0.05) is 21.6 Å². The molecule has 0 unspecified atom stereocenters. The number of hydrogen-bond acceptors (Lipinski definition) is 2. The Morgan fingerprint density at radius 1 is 1.21 bits per heavy atom. The number of aromatic nitrogens is 1. The number of alkyl halides is 1. The lowest BCUT2D eigenvalue weighted by Crippen LogP contribution is -1.97. The SMILES string of the molecule is CCc1nc(C)ccc1Oc1ccc(Cl)cc1CBr. The molecule has 0 N–H and O–H groups in total. The number of halogens is 2. The van der Waals surface area contributed by atoms with Crippen molar-refractivity contribution in [1.29, 1.82) is 0 Å². The second-order valence-electron chi connectivity index (χ2n) is 4.24. The van der Waals surface area contributed by atoms with Crippen LogP contribution in [0.5, 0.6) is 11.5 Å². The summed E-state index contributed by atoms with van der Waals surface area (Å²) < 4.78 is 5.98. The summed E-state index contributed by atoms with van der Waals surface area (Å²) in [6.45, 7) is 4.05. The Labute approximate surface area is 126 Å². The van der Waals surface area contributed by atoms with Gasteiger partial charge in [-0.15, -0.1) is 0 Å². The molecule has 1 aromatic heterocycles. The molecule has 0 atom stereocenters. The first-order valence-electron chi connectivity index (χ1n) is 6.12. The molecule has 2 rings (SSSR count). The second kappa shape index (κ2) is 6.40. The van der Waals surface area contributed by atoms with Crippen LogP contribution >= 0.6 is 27.5 Å². The van der Waals surface area contributed by atoms with E-state index in [2.05, 4.69) is 27.8 Å². The van der Waals surface area contributed by atoms with Crippen LogP contribution in [0.25, 0.3) is 0 Å². The zero-order chi connectivity index (χ0) is 13.8. The van der Waals surface area contributed by atoms with Crippen LogP contribution in [0.15, 0.2) is 30.3 Å². The van der Waals surface area contributed by atoms with Gasteiger partial charge in [0.2, 0.25) is 0 Å². The summed E-state index contributed by atoms with van der Waals surface area (Å²) in [6.07, 6.45) is 0.842. The average Bonchev–Trinajstić information content (AvgIpc) is 2.42. The summed E-state index contributed by atoms with van der Waals surface area (Å²) in [4.78, 5) is 4.50. The van der Waals surface area contributed by atoms with Gasteiger partial charge in [-0.2, -0.15) is 0 Å². The minimum absolute atomic E-state index is 0.698. The largest absolute Gasteiger partial charge is 0.455 e. The molecule has 19 heavy (non-hydrogen) atoms. The van der Waals surface area contributed by atoms with Crippen molar-refractivity contribution in [2.75, 3.05) is 0 Å². The minimum atomic E-state index is 0.698. The van der Waals surface area contributed by atoms with Crippen molar-refractivity contribution in [3.05, 3.63) is 52.3 Å². The summed E-state index contributed by atoms with van der Waals surface area (Å²) in [5.74, 6) is 1.61. The third-order valence-electron chi connectivity index (χ3n) is 2.79. The number of pyridine rings is 1. The van der Waals surface area contributed by atoms with E-state index < -0.39 is 0 Å². The lowest BCUT2D eigenvalue weighted by atomic mass is 10.2. The summed E-state index contributed by atoms with van der Waals surface area (Å²) in [6, 6.07) is 9.54. The molecular weight excluding hydrogens is 326 g/mol. The van der Waals surface area contributed by atoms with Crippen LogP contribution in [-0.4, -0.2) is 4.98 Å². The van der Waals surface area contributed by atoms with E-state index in [1.807, 2.05) is 37.3 Å². The summed E-state index contributed by atoms with van der Waals surface area (Å²) in [5, 5.41) is 1.41. The van der Waals surface area contributed by atoms with Gasteiger partial charge in [0.25, 0.3) is 0 Å². The van der Waals surface area contributed by atoms with E-state index in [-0.39, 0.29) is 0 Å². The molecule has 0 saturated heterocycles. The van der Waals surface area contributed by atoms with Gasteiger partial charge in [0.15, 0.2) is 0 Å². The first-order chi connectivity index (χ1) is 9.13. The standard InChI is InChI=1S/C15H15BrClNO/c1-3-13-15(6-4-10(2)18-13)19-14-7-5-12(17)8-11(14)9-16/h4-8H,3,9H2,1-2H3. The fourth-order valence-corrected chi connectivity index (χ4v) is 2.45. The summed E-state index contributed by atoms with van der Waals surface area (Å²) in [7, 11) is 0. The molecule has 0 spiro atoms. The maximum absolute atomic E-state index is 5.99. The smallest absolute Gasteiger partial charge is 0.148 e. The molecule has 0 aliphatic carbocycles. The number of rotatable bonds is 4. The van der Waals surface area contributed by atoms with Gasteiger partial charge >= 0.3 is 0 Å². The average molecular weight is 341 g/mol. The molecule has 1 heterocycles. The van der Waals surface area contributed by atoms with Crippen molar-refractivity contribution in [3.63, 3.8) is 0 Å². The van der Waals surface area contributed by atoms with Crippen molar-refractivity contribution < 1.29 is 4.74 Å². The molecule has 100 valence electrons. The quantitative estimate of drug-likeness (QED) is 0.705. The lowest BCUT2D eigenvalue weighted by molar-refractivity contribution is 0.469. The lowest BCUT2D eigenvalue weighted by Gasteiger charge is -2.13. The van der Waals surface area contributed by atoms with Gasteiger partial charge < -0.3 is 4.74 Å². The van der Waals surface area contributed by atoms with Crippen molar-refractivity contribution in [1.82, 2.24) is 4.98 Å². The topological polar surface area (TPSA) is 22.1 Å². The molecule has 0 bridgehead atoms. The maximum atomic E-state index is 5.99. The highest BCUT2D eigenvalue weighted by molar-refractivity contribution is 9.08. The first-order valence-corrected chi connectivity index (χ1v) is 7.62. The fraction of sp³-hybridized carbons (Fsp3) is 0.267. The molecule has 0 radical (unpaired) electrons. The van der Waals surface area contributed by atoms with Crippen molar-refractivity contribution in [2.45, 2.75) is 25.6 Å². The predicted molar refractivity (Wildman–Crippen MR) is 82.5 cm³/mol. The molecule has 0 fully saturated rings. The predicted octanol–water partition coefficient (Wildman–Crippen LogP) is 5.29. The number of hydrogen-bond donors (Lipinski definition) is 0. The Morgan fingerprint density at radius 2 is 1.95 bits per heavy atom. The molecule has 2 aromatic rings. The third-order valence-corrected chi connectivity index (χ3v) is 3.63. The second-order valence-corrected chi connectivity index (χ2v) is 5.24. The Hall–Kier alpha value is -1.06. The van der Waals surface area contributed by atoms with Crippen LogP contribution < -0.4 is 4.74 Å². The Kier molecular flexibility index (Phi) is 4.83. The zero-order valence-electron chi connectivity index (χ0n) is 10.9. The van der Waals surface area contributed by atoms with Gasteiger partial charge in [0.1, 0.15) is 11.5 Å². The van der Waals surface area contributed by atoms with E-state index in [4.69, 9.17) is 16.3 Å². The molecule has 1 aromatic carbocycles. The van der Waals surface area contributed by atoms with E-state index >= 15 is 0 Å². The highest BCUT2D eigenvalue weighted by Crippen LogP contribution is 2.31. The van der Waals surface area contributed by atoms with Crippen LogP contribution in [-0.2, 0) is 11.8 Å². The zero-order valence-corrected chi connectivity index (χ0v) is 13.3. The Bertz CT molecular complexity index is 535. The normalized spacial score (nSPS) is 10.5. The molecular formula is C15H15BrClNO. The Balaban J connectivity index is 2.36. The van der Waals surface area contributed by atoms with Crippen LogP contribution in [0, 0.1) is 6.92 Å². The fourth-order valence-electron chi connectivity index (χ4n) is 1.81. The van der Waals surface area contributed by atoms with Crippen molar-refractivity contribution in [2.24, 2.45) is 0 Å². The van der Waals surface area contributed by atoms with E-state index in [1.165, 1.54) is 0 Å². The van der Waals surface area contributed by atoms with Gasteiger partial charge in [0.05, 0.1) is 5.69 Å². The monoisotopic (exact) mass is 339 g/mol. The van der Waals surface area contributed by atoms with E-state index in [0.717, 1.165) is 34.9 Å². The van der Waals surface area contributed by atoms with Gasteiger partial charge in [-0.05, 0) is 43.7 Å². The van der Waals surface area contributed by atoms with Crippen molar-refractivity contribution in [3.8, 4) is 11.5 Å². The third kappa shape index (κ3) is 3.48. The van der Waals surface area contributed by atoms with Crippen LogP contribution in [0.4, 0.5) is 0 Å². The maximum Gasteiger partial charge on any atom is 0.148 e. The van der Waals surface area contributed by atoms with Crippen LogP contribution in [0.3, 0.4) is 0 Å². The number of ether oxygens (including phenoxy) is 1. The van der Waals surface area contributed by atoms with Crippen LogP contribution in [0.1, 0.15) is 23.9 Å². The first kappa shape index (κ1) is 14.4. The molecule has 4 heteroatoms. The van der Waals surface area contributed by atoms with Gasteiger partial charge in [-0.1, -0.05) is 34.5 Å². The van der Waals surface area contributed by atoms with Gasteiger partial charge in [-0.3, -0.25) is 4.98 Å². The highest BCUT2D eigenvalue weighted by Gasteiger charge is 2.09. The van der Waals surface area contributed by atoms with E-state index in [0.29, 0.717) is 10.4 Å². The summed E-state index contributed by atoms with van der Waals surface area (Å²) >= 11 is 9.44. The van der Waals surface area contributed by atoms with E-state index in [9.17, 15) is 0 Å². The summed E-state index contributed by atoms with van der Waals surface area (Å²) in [5.41, 5.74) is 2.99. The molecule has 0 saturated carbocycles. The number of benzene rings is 1. The van der Waals surface area contributed by atoms with Crippen molar-refractivity contribution >= 4 is 27.5 Å². The minimum Gasteiger partial charge on any atom is -0.455 e. The number of nitrogens with zero attached hydrogens (tertiary/aromatic N) is 1. The Morgan fingerprint density at radius 3 is 2.63 bits per heavy atom. The molecule has 0 aliphatic rings. The van der Waals surface area contributed by atoms with E-state index in [1.54, 1.807) is 0 Å². The van der Waals surface area contributed by atoms with Gasteiger partial charge in [-0.25, -0.2) is 0 Å². The molecule has 0 aliphatic heterocycles. The highest BCUT2D eigenvalue weighted by atomic mass is 79.9.